The van der Waals surface area contributed by atoms with Gasteiger partial charge in [0, 0.05) is 11.6 Å². The van der Waals surface area contributed by atoms with E-state index in [9.17, 15) is 14.4 Å². The van der Waals surface area contributed by atoms with E-state index in [0.717, 1.165) is 14.8 Å². The summed E-state index contributed by atoms with van der Waals surface area (Å²) in [5, 5.41) is 13.1. The Hall–Kier alpha value is -2.41. The number of hydrogen-bond acceptors (Lipinski definition) is 4. The van der Waals surface area contributed by atoms with Crippen molar-refractivity contribution < 1.29 is 9.90 Å². The topological polar surface area (TPSA) is 94.2 Å². The van der Waals surface area contributed by atoms with Gasteiger partial charge in [-0.2, -0.15) is 9.78 Å². The first-order valence-corrected chi connectivity index (χ1v) is 6.48. The fourth-order valence-corrected chi connectivity index (χ4v) is 1.98. The van der Waals surface area contributed by atoms with E-state index in [1.54, 1.807) is 26.0 Å². The van der Waals surface area contributed by atoms with Gasteiger partial charge in [-0.15, -0.1) is 0 Å². The number of rotatable bonds is 3. The molecule has 8 heteroatoms. The van der Waals surface area contributed by atoms with Gasteiger partial charge in [-0.05, 0) is 31.5 Å². The van der Waals surface area contributed by atoms with Gasteiger partial charge in [0.05, 0.1) is 5.69 Å². The van der Waals surface area contributed by atoms with Crippen LogP contribution in [0.3, 0.4) is 0 Å². The van der Waals surface area contributed by atoms with Crippen LogP contribution in [-0.2, 0) is 6.54 Å². The Morgan fingerprint density at radius 1 is 1.38 bits per heavy atom. The normalized spacial score (nSPS) is 10.6. The van der Waals surface area contributed by atoms with E-state index in [2.05, 4.69) is 5.10 Å². The van der Waals surface area contributed by atoms with E-state index >= 15 is 0 Å². The van der Waals surface area contributed by atoms with Crippen LogP contribution < -0.4 is 11.2 Å². The van der Waals surface area contributed by atoms with E-state index in [0.29, 0.717) is 10.7 Å². The zero-order valence-corrected chi connectivity index (χ0v) is 12.1. The van der Waals surface area contributed by atoms with Gasteiger partial charge < -0.3 is 5.11 Å². The molecule has 0 amide bonds. The number of halogens is 1. The number of aromatic nitrogens is 3. The van der Waals surface area contributed by atoms with Gasteiger partial charge in [-0.25, -0.2) is 9.59 Å². The van der Waals surface area contributed by atoms with E-state index in [-0.39, 0.29) is 6.54 Å². The van der Waals surface area contributed by atoms with Crippen LogP contribution >= 0.6 is 11.6 Å². The maximum absolute atomic E-state index is 12.2. The second kappa shape index (κ2) is 5.53. The smallest absolute Gasteiger partial charge is 0.362 e. The highest BCUT2D eigenvalue weighted by molar-refractivity contribution is 6.31. The van der Waals surface area contributed by atoms with Crippen LogP contribution in [0.1, 0.15) is 23.0 Å². The molecule has 2 aromatic rings. The number of hydrogen-bond donors (Lipinski definition) is 1. The van der Waals surface area contributed by atoms with Crippen molar-refractivity contribution in [2.24, 2.45) is 0 Å². The van der Waals surface area contributed by atoms with E-state index < -0.39 is 22.9 Å². The summed E-state index contributed by atoms with van der Waals surface area (Å²) in [6.07, 6.45) is 0. The third-order valence-corrected chi connectivity index (χ3v) is 3.39. The molecule has 1 aromatic carbocycles. The molecule has 0 saturated heterocycles. The zero-order chi connectivity index (χ0) is 15.7. The average Bonchev–Trinajstić information content (AvgIpc) is 2.42. The van der Waals surface area contributed by atoms with Gasteiger partial charge in [-0.1, -0.05) is 17.7 Å². The summed E-state index contributed by atoms with van der Waals surface area (Å²) in [6, 6.07) is 4.74. The Balaban J connectivity index is 2.83. The van der Waals surface area contributed by atoms with Gasteiger partial charge >= 0.3 is 11.7 Å². The average molecular weight is 310 g/mol. The predicted molar refractivity (Wildman–Crippen MR) is 76.5 cm³/mol. The van der Waals surface area contributed by atoms with Crippen molar-refractivity contribution >= 4 is 17.6 Å². The molecular weight excluding hydrogens is 298 g/mol. The van der Waals surface area contributed by atoms with Gasteiger partial charge in [0.1, 0.15) is 0 Å². The molecule has 0 radical (unpaired) electrons. The number of aryl methyl sites for hydroxylation is 1. The zero-order valence-electron chi connectivity index (χ0n) is 11.3. The summed E-state index contributed by atoms with van der Waals surface area (Å²) in [6.45, 7) is 3.40. The molecule has 0 fully saturated rings. The molecule has 0 aliphatic heterocycles. The van der Waals surface area contributed by atoms with Crippen molar-refractivity contribution in [2.45, 2.75) is 20.4 Å². The SMILES string of the molecule is CCn1c(=O)c(C(=O)O)nn(-c2ccc(C)c(Cl)c2)c1=O. The summed E-state index contributed by atoms with van der Waals surface area (Å²) in [5.74, 6) is -1.49. The number of benzene rings is 1. The molecule has 110 valence electrons. The minimum absolute atomic E-state index is 0.0417. The minimum Gasteiger partial charge on any atom is -0.476 e. The van der Waals surface area contributed by atoms with Crippen LogP contribution in [-0.4, -0.2) is 25.4 Å². The van der Waals surface area contributed by atoms with Crippen molar-refractivity contribution in [1.29, 1.82) is 0 Å². The minimum atomic E-state index is -1.49. The number of carboxylic acids is 1. The molecule has 0 bridgehead atoms. The Bertz CT molecular complexity index is 838. The molecular formula is C13H12ClN3O4. The largest absolute Gasteiger partial charge is 0.476 e. The lowest BCUT2D eigenvalue weighted by Crippen LogP contribution is -2.43. The Morgan fingerprint density at radius 2 is 2.05 bits per heavy atom. The summed E-state index contributed by atoms with van der Waals surface area (Å²) in [7, 11) is 0. The molecule has 1 heterocycles. The van der Waals surface area contributed by atoms with Gasteiger partial charge in [0.25, 0.3) is 5.56 Å². The second-order valence-corrected chi connectivity index (χ2v) is 4.74. The van der Waals surface area contributed by atoms with Crippen LogP contribution in [0.2, 0.25) is 5.02 Å². The predicted octanol–water partition coefficient (Wildman–Crippen LogP) is 1.07. The molecule has 0 atom stereocenters. The first-order valence-electron chi connectivity index (χ1n) is 6.10. The monoisotopic (exact) mass is 309 g/mol. The van der Waals surface area contributed by atoms with Crippen LogP contribution in [0.15, 0.2) is 27.8 Å². The lowest BCUT2D eigenvalue weighted by molar-refractivity contribution is 0.0684. The molecule has 1 N–H and O–H groups in total. The first kappa shape index (κ1) is 15.0. The molecule has 1 aromatic heterocycles. The number of aromatic carboxylic acids is 1. The highest BCUT2D eigenvalue weighted by atomic mass is 35.5. The van der Waals surface area contributed by atoms with E-state index in [1.807, 2.05) is 0 Å². The van der Waals surface area contributed by atoms with Gasteiger partial charge in [0.15, 0.2) is 0 Å². The molecule has 0 aliphatic carbocycles. The van der Waals surface area contributed by atoms with Crippen LogP contribution in [0.4, 0.5) is 0 Å². The molecule has 2 rings (SSSR count). The van der Waals surface area contributed by atoms with Crippen molar-refractivity contribution in [2.75, 3.05) is 0 Å². The molecule has 21 heavy (non-hydrogen) atoms. The third-order valence-electron chi connectivity index (χ3n) is 2.98. The maximum atomic E-state index is 12.2. The van der Waals surface area contributed by atoms with Crippen molar-refractivity contribution in [3.63, 3.8) is 0 Å². The van der Waals surface area contributed by atoms with Crippen molar-refractivity contribution in [1.82, 2.24) is 14.3 Å². The highest BCUT2D eigenvalue weighted by Crippen LogP contribution is 2.17. The second-order valence-electron chi connectivity index (χ2n) is 4.33. The number of carboxylic acid groups (broad SMARTS) is 1. The fourth-order valence-electron chi connectivity index (χ4n) is 1.81. The summed E-state index contributed by atoms with van der Waals surface area (Å²) < 4.78 is 1.67. The fraction of sp³-hybridized carbons (Fsp3) is 0.231. The van der Waals surface area contributed by atoms with Gasteiger partial charge in [0.2, 0.25) is 5.69 Å². The Morgan fingerprint density at radius 3 is 2.57 bits per heavy atom. The van der Waals surface area contributed by atoms with Crippen molar-refractivity contribution in [3.8, 4) is 5.69 Å². The number of carbonyl (C=O) groups is 1. The summed E-state index contributed by atoms with van der Waals surface area (Å²) >= 11 is 6.00. The summed E-state index contributed by atoms with van der Waals surface area (Å²) in [4.78, 5) is 35.2. The first-order chi connectivity index (χ1) is 9.86. The molecule has 0 saturated carbocycles. The van der Waals surface area contributed by atoms with Crippen LogP contribution in [0.5, 0.6) is 0 Å². The lowest BCUT2D eigenvalue weighted by atomic mass is 10.2. The Labute approximate surface area is 124 Å². The lowest BCUT2D eigenvalue weighted by Gasteiger charge is -2.10. The van der Waals surface area contributed by atoms with E-state index in [1.165, 1.54) is 6.07 Å². The van der Waals surface area contributed by atoms with Crippen molar-refractivity contribution in [3.05, 3.63) is 55.3 Å². The molecule has 0 unspecified atom stereocenters. The number of nitrogens with zero attached hydrogens (tertiary/aromatic N) is 3. The van der Waals surface area contributed by atoms with Crippen LogP contribution in [0, 0.1) is 6.92 Å². The maximum Gasteiger partial charge on any atom is 0.362 e. The standard InChI is InChI=1S/C13H12ClN3O4/c1-3-16-11(18)10(12(19)20)15-17(13(16)21)8-5-4-7(2)9(14)6-8/h4-6H,3H2,1-2H3,(H,19,20). The van der Waals surface area contributed by atoms with Gasteiger partial charge in [-0.3, -0.25) is 9.36 Å². The summed E-state index contributed by atoms with van der Waals surface area (Å²) in [5.41, 5.74) is -1.26. The van der Waals surface area contributed by atoms with Crippen LogP contribution in [0.25, 0.3) is 5.69 Å². The molecule has 0 spiro atoms. The van der Waals surface area contributed by atoms with E-state index in [4.69, 9.17) is 16.7 Å². The highest BCUT2D eigenvalue weighted by Gasteiger charge is 2.18. The quantitative estimate of drug-likeness (QED) is 0.915. The molecule has 7 nitrogen and oxygen atoms in total. The third kappa shape index (κ3) is 2.59. The molecule has 0 aliphatic rings. The Kier molecular flexibility index (Phi) is 3.95.